The van der Waals surface area contributed by atoms with Gasteiger partial charge in [-0.15, -0.1) is 0 Å². The van der Waals surface area contributed by atoms with Crippen LogP contribution in [0.1, 0.15) is 11.1 Å². The van der Waals surface area contributed by atoms with Crippen molar-refractivity contribution in [1.82, 2.24) is 0 Å². The molecule has 0 radical (unpaired) electrons. The van der Waals surface area contributed by atoms with Gasteiger partial charge in [0.2, 0.25) is 0 Å². The molecule has 0 aliphatic carbocycles. The summed E-state index contributed by atoms with van der Waals surface area (Å²) in [5.41, 5.74) is 5.54. The topological polar surface area (TPSA) is 88.6 Å². The Labute approximate surface area is 152 Å². The maximum atomic E-state index is 13.0. The third-order valence-electron chi connectivity index (χ3n) is 3.98. The van der Waals surface area contributed by atoms with E-state index in [4.69, 9.17) is 20.6 Å². The third kappa shape index (κ3) is 4.13. The minimum absolute atomic E-state index is 0.0971. The van der Waals surface area contributed by atoms with Gasteiger partial charge in [-0.2, -0.15) is 13.2 Å². The van der Waals surface area contributed by atoms with Gasteiger partial charge in [0.15, 0.2) is 6.10 Å². The lowest BCUT2D eigenvalue weighted by Crippen LogP contribution is -2.27. The number of carbonyl (C=O) groups excluding carboxylic acids is 1. The van der Waals surface area contributed by atoms with Crippen molar-refractivity contribution in [3.8, 4) is 5.75 Å². The van der Waals surface area contributed by atoms with Crippen LogP contribution < -0.4 is 15.4 Å². The van der Waals surface area contributed by atoms with Gasteiger partial charge < -0.3 is 15.2 Å². The smallest absolute Gasteiger partial charge is 0.419 e. The monoisotopic (exact) mass is 379 g/mol. The van der Waals surface area contributed by atoms with Crippen molar-refractivity contribution >= 4 is 17.6 Å². The number of nitrogens with two attached hydrogens (primary N) is 1. The maximum absolute atomic E-state index is 13.0. The molecular formula is C18H16F3N3O3. The number of nitrogen functional groups attached to an aromatic ring is 1. The van der Waals surface area contributed by atoms with Crippen molar-refractivity contribution in [1.29, 1.82) is 5.41 Å². The van der Waals surface area contributed by atoms with E-state index < -0.39 is 23.9 Å². The summed E-state index contributed by atoms with van der Waals surface area (Å²) >= 11 is 0. The highest BCUT2D eigenvalue weighted by Crippen LogP contribution is 2.36. The average molecular weight is 379 g/mol. The number of para-hydroxylation sites is 1. The molecule has 1 fully saturated rings. The lowest BCUT2D eigenvalue weighted by molar-refractivity contribution is -0.139. The molecule has 27 heavy (non-hydrogen) atoms. The van der Waals surface area contributed by atoms with E-state index >= 15 is 0 Å². The lowest BCUT2D eigenvalue weighted by Gasteiger charge is -2.16. The Bertz CT molecular complexity index is 853. The summed E-state index contributed by atoms with van der Waals surface area (Å²) in [6.45, 7) is -0.0761. The summed E-state index contributed by atoms with van der Waals surface area (Å²) in [6.07, 6.45) is -5.87. The molecule has 0 aromatic heterocycles. The van der Waals surface area contributed by atoms with Crippen molar-refractivity contribution < 1.29 is 27.4 Å². The van der Waals surface area contributed by atoms with E-state index in [0.717, 1.165) is 6.07 Å². The number of rotatable bonds is 5. The molecule has 1 aliphatic heterocycles. The molecule has 2 aromatic carbocycles. The molecule has 2 aromatic rings. The van der Waals surface area contributed by atoms with Gasteiger partial charge in [-0.25, -0.2) is 4.79 Å². The zero-order valence-electron chi connectivity index (χ0n) is 14.0. The number of hydrogen-bond donors (Lipinski definition) is 2. The third-order valence-corrected chi connectivity index (χ3v) is 3.98. The van der Waals surface area contributed by atoms with Gasteiger partial charge in [0.1, 0.15) is 18.2 Å². The molecule has 9 heteroatoms. The molecule has 0 spiro atoms. The number of benzene rings is 2. The molecule has 1 heterocycles. The molecule has 0 saturated carbocycles. The van der Waals surface area contributed by atoms with Crippen molar-refractivity contribution in [2.45, 2.75) is 12.3 Å². The molecule has 1 saturated heterocycles. The molecule has 3 N–H and O–H groups in total. The molecule has 1 amide bonds. The van der Waals surface area contributed by atoms with E-state index in [9.17, 15) is 18.0 Å². The molecule has 1 unspecified atom stereocenters. The molecule has 1 atom stereocenters. The number of cyclic esters (lactones) is 1. The van der Waals surface area contributed by atoms with Crippen LogP contribution in [0, 0.1) is 5.41 Å². The summed E-state index contributed by atoms with van der Waals surface area (Å²) in [5.74, 6) is -0.412. The van der Waals surface area contributed by atoms with Crippen molar-refractivity contribution in [3.63, 3.8) is 0 Å². The highest BCUT2D eigenvalue weighted by atomic mass is 19.4. The Morgan fingerprint density at radius 3 is 2.52 bits per heavy atom. The van der Waals surface area contributed by atoms with Crippen LogP contribution in [0.2, 0.25) is 0 Å². The van der Waals surface area contributed by atoms with E-state index in [1.54, 1.807) is 24.3 Å². The van der Waals surface area contributed by atoms with Gasteiger partial charge in [-0.05, 0) is 36.4 Å². The number of amidine groups is 1. The fourth-order valence-corrected chi connectivity index (χ4v) is 2.65. The number of carbonyl (C=O) groups is 1. The minimum atomic E-state index is -4.53. The van der Waals surface area contributed by atoms with Crippen LogP contribution in [0.15, 0.2) is 48.5 Å². The largest absolute Gasteiger partial charge is 0.489 e. The second-order valence-electron chi connectivity index (χ2n) is 5.88. The molecule has 142 valence electrons. The van der Waals surface area contributed by atoms with Crippen LogP contribution in [-0.2, 0) is 10.9 Å². The number of amides is 1. The fourth-order valence-electron chi connectivity index (χ4n) is 2.65. The van der Waals surface area contributed by atoms with Crippen molar-refractivity contribution in [2.24, 2.45) is 5.73 Å². The van der Waals surface area contributed by atoms with Gasteiger partial charge in [0, 0.05) is 11.3 Å². The van der Waals surface area contributed by atoms with Crippen molar-refractivity contribution in [3.05, 3.63) is 59.7 Å². The van der Waals surface area contributed by atoms with Crippen LogP contribution in [0.4, 0.5) is 23.7 Å². The Morgan fingerprint density at radius 1 is 1.22 bits per heavy atom. The normalized spacial score (nSPS) is 16.9. The maximum Gasteiger partial charge on any atom is 0.419 e. The summed E-state index contributed by atoms with van der Waals surface area (Å²) in [7, 11) is 0. The van der Waals surface area contributed by atoms with Gasteiger partial charge in [0.25, 0.3) is 0 Å². The van der Waals surface area contributed by atoms with Crippen LogP contribution in [0.5, 0.6) is 5.75 Å². The fraction of sp³-hybridized carbons (Fsp3) is 0.222. The summed E-state index contributed by atoms with van der Waals surface area (Å²) < 4.78 is 49.4. The van der Waals surface area contributed by atoms with Gasteiger partial charge in [0.05, 0.1) is 12.1 Å². The molecule has 0 bridgehead atoms. The number of anilines is 1. The zero-order chi connectivity index (χ0) is 19.6. The first-order valence-electron chi connectivity index (χ1n) is 7.97. The summed E-state index contributed by atoms with van der Waals surface area (Å²) in [5, 5.41) is 7.36. The Kier molecular flexibility index (Phi) is 4.93. The summed E-state index contributed by atoms with van der Waals surface area (Å²) in [6, 6.07) is 11.3. The SMILES string of the molecule is N=C(N)c1ccc(N2CC(COc3ccccc3C(F)(F)F)OC2=O)cc1. The predicted octanol–water partition coefficient (Wildman–Crippen LogP) is 3.39. The first-order valence-corrected chi connectivity index (χ1v) is 7.97. The number of halogens is 3. The van der Waals surface area contributed by atoms with Crippen LogP contribution in [0.3, 0.4) is 0 Å². The Balaban J connectivity index is 1.66. The van der Waals surface area contributed by atoms with Crippen LogP contribution in [0.25, 0.3) is 0 Å². The number of nitrogens with one attached hydrogen (secondary N) is 1. The quantitative estimate of drug-likeness (QED) is 0.616. The molecule has 6 nitrogen and oxygen atoms in total. The highest BCUT2D eigenvalue weighted by molar-refractivity contribution is 5.96. The van der Waals surface area contributed by atoms with E-state index in [0.29, 0.717) is 11.3 Å². The van der Waals surface area contributed by atoms with Crippen LogP contribution >= 0.6 is 0 Å². The number of alkyl halides is 3. The lowest BCUT2D eigenvalue weighted by atomic mass is 10.2. The van der Waals surface area contributed by atoms with Gasteiger partial charge in [-0.1, -0.05) is 12.1 Å². The highest BCUT2D eigenvalue weighted by Gasteiger charge is 2.36. The molecule has 1 aliphatic rings. The number of ether oxygens (including phenoxy) is 2. The first kappa shape index (κ1) is 18.6. The number of hydrogen-bond acceptors (Lipinski definition) is 4. The van der Waals surface area contributed by atoms with E-state index in [2.05, 4.69) is 0 Å². The Hall–Kier alpha value is -3.23. The average Bonchev–Trinajstić information content (AvgIpc) is 3.00. The van der Waals surface area contributed by atoms with E-state index in [-0.39, 0.29) is 24.7 Å². The summed E-state index contributed by atoms with van der Waals surface area (Å²) in [4.78, 5) is 13.4. The van der Waals surface area contributed by atoms with Crippen LogP contribution in [-0.4, -0.2) is 31.2 Å². The van der Waals surface area contributed by atoms with E-state index in [1.165, 1.54) is 23.1 Å². The Morgan fingerprint density at radius 2 is 1.89 bits per heavy atom. The second kappa shape index (κ2) is 7.18. The zero-order valence-corrected chi connectivity index (χ0v) is 14.0. The number of nitrogens with zero attached hydrogens (tertiary/aromatic N) is 1. The van der Waals surface area contributed by atoms with Crippen molar-refractivity contribution in [2.75, 3.05) is 18.1 Å². The molecular weight excluding hydrogens is 363 g/mol. The second-order valence-corrected chi connectivity index (χ2v) is 5.88. The van der Waals surface area contributed by atoms with Gasteiger partial charge in [-0.3, -0.25) is 10.3 Å². The molecule has 3 rings (SSSR count). The standard InChI is InChI=1S/C18H16F3N3O3/c19-18(20,21)14-3-1-2-4-15(14)26-10-13-9-24(17(25)27-13)12-7-5-11(6-8-12)16(22)23/h1-8,13H,9-10H2,(H3,22,23). The predicted molar refractivity (Wildman–Crippen MR) is 92.0 cm³/mol. The van der Waals surface area contributed by atoms with E-state index in [1.807, 2.05) is 0 Å². The minimum Gasteiger partial charge on any atom is -0.489 e. The van der Waals surface area contributed by atoms with Gasteiger partial charge >= 0.3 is 12.3 Å². The first-order chi connectivity index (χ1) is 12.8.